The SMILES string of the molecule is Cc1cc(C(C)(C)C)cc(Pc2ccccc2CN2CCCCC2)c1O. The number of nitrogens with zero attached hydrogens (tertiary/aromatic N) is 1. The first kappa shape index (κ1) is 19.4. The van der Waals surface area contributed by atoms with Crippen molar-refractivity contribution in [2.45, 2.75) is 58.9 Å². The Morgan fingerprint density at radius 3 is 2.38 bits per heavy atom. The van der Waals surface area contributed by atoms with E-state index in [2.05, 4.69) is 62.1 Å². The van der Waals surface area contributed by atoms with E-state index in [0.29, 0.717) is 14.3 Å². The summed E-state index contributed by atoms with van der Waals surface area (Å²) in [5, 5.41) is 13.1. The molecular weight excluding hydrogens is 337 g/mol. The number of phenolic OH excluding ortho intramolecular Hbond substituents is 1. The fourth-order valence-electron chi connectivity index (χ4n) is 3.59. The van der Waals surface area contributed by atoms with E-state index in [1.807, 2.05) is 6.92 Å². The lowest BCUT2D eigenvalue weighted by molar-refractivity contribution is 0.221. The van der Waals surface area contributed by atoms with Crippen molar-refractivity contribution >= 4 is 19.2 Å². The molecule has 3 heteroatoms. The van der Waals surface area contributed by atoms with Gasteiger partial charge in [-0.15, -0.1) is 0 Å². The number of phenols is 1. The highest BCUT2D eigenvalue weighted by Gasteiger charge is 2.19. The lowest BCUT2D eigenvalue weighted by Crippen LogP contribution is -2.30. The molecule has 1 N–H and O–H groups in total. The van der Waals surface area contributed by atoms with Gasteiger partial charge < -0.3 is 5.11 Å². The molecule has 1 saturated heterocycles. The summed E-state index contributed by atoms with van der Waals surface area (Å²) in [6.45, 7) is 12.2. The Labute approximate surface area is 160 Å². The number of hydrogen-bond donors (Lipinski definition) is 1. The molecule has 0 bridgehead atoms. The molecule has 2 aromatic rings. The summed E-state index contributed by atoms with van der Waals surface area (Å²) < 4.78 is 0. The van der Waals surface area contributed by atoms with Crippen molar-refractivity contribution in [2.24, 2.45) is 0 Å². The van der Waals surface area contributed by atoms with Crippen LogP contribution in [0.15, 0.2) is 36.4 Å². The molecule has 26 heavy (non-hydrogen) atoms. The number of rotatable bonds is 4. The standard InChI is InChI=1S/C23H32NOP/c1-17-14-19(23(2,3)4)15-21(22(17)25)26-20-11-7-6-10-18(20)16-24-12-8-5-9-13-24/h6-7,10-11,14-15,25-26H,5,8-9,12-13,16H2,1-4H3. The minimum Gasteiger partial charge on any atom is -0.507 e. The first-order valence-electron chi connectivity index (χ1n) is 9.76. The van der Waals surface area contributed by atoms with Crippen LogP contribution in [0.5, 0.6) is 5.75 Å². The third-order valence-electron chi connectivity index (χ3n) is 5.30. The maximum atomic E-state index is 10.7. The summed E-state index contributed by atoms with van der Waals surface area (Å²) in [4.78, 5) is 2.57. The van der Waals surface area contributed by atoms with Gasteiger partial charge in [-0.2, -0.15) is 0 Å². The van der Waals surface area contributed by atoms with Gasteiger partial charge in [0.25, 0.3) is 0 Å². The summed E-state index contributed by atoms with van der Waals surface area (Å²) in [5.74, 6) is 0.462. The van der Waals surface area contributed by atoms with Crippen molar-refractivity contribution in [3.05, 3.63) is 53.1 Å². The topological polar surface area (TPSA) is 23.5 Å². The van der Waals surface area contributed by atoms with Crippen molar-refractivity contribution in [3.8, 4) is 5.75 Å². The van der Waals surface area contributed by atoms with Gasteiger partial charge in [0.2, 0.25) is 0 Å². The Morgan fingerprint density at radius 2 is 1.69 bits per heavy atom. The average molecular weight is 369 g/mol. The molecule has 1 aliphatic rings. The van der Waals surface area contributed by atoms with E-state index in [4.69, 9.17) is 0 Å². The van der Waals surface area contributed by atoms with Crippen molar-refractivity contribution < 1.29 is 5.11 Å². The molecule has 0 aromatic heterocycles. The second kappa shape index (κ2) is 8.11. The van der Waals surface area contributed by atoms with E-state index in [1.165, 1.54) is 48.8 Å². The number of likely N-dealkylation sites (tertiary alicyclic amines) is 1. The number of aromatic hydroxyl groups is 1. The van der Waals surface area contributed by atoms with Crippen LogP contribution in [0.2, 0.25) is 0 Å². The van der Waals surface area contributed by atoms with Gasteiger partial charge in [-0.1, -0.05) is 66.1 Å². The van der Waals surface area contributed by atoms with Crippen LogP contribution in [-0.2, 0) is 12.0 Å². The summed E-state index contributed by atoms with van der Waals surface area (Å²) in [5.41, 5.74) is 3.77. The Morgan fingerprint density at radius 1 is 1.00 bits per heavy atom. The highest BCUT2D eigenvalue weighted by Crippen LogP contribution is 2.30. The quantitative estimate of drug-likeness (QED) is 0.796. The normalized spacial score (nSPS) is 16.5. The minimum atomic E-state index is 0.0883. The number of hydrogen-bond acceptors (Lipinski definition) is 2. The second-order valence-corrected chi connectivity index (χ2v) is 9.89. The molecule has 0 saturated carbocycles. The molecule has 0 aliphatic carbocycles. The van der Waals surface area contributed by atoms with Crippen LogP contribution >= 0.6 is 8.58 Å². The van der Waals surface area contributed by atoms with E-state index in [9.17, 15) is 5.11 Å². The van der Waals surface area contributed by atoms with Gasteiger partial charge >= 0.3 is 0 Å². The van der Waals surface area contributed by atoms with Crippen LogP contribution < -0.4 is 10.6 Å². The lowest BCUT2D eigenvalue weighted by atomic mass is 9.86. The van der Waals surface area contributed by atoms with Gasteiger partial charge in [-0.05, 0) is 66.3 Å². The molecule has 2 nitrogen and oxygen atoms in total. The molecule has 1 atom stereocenters. The van der Waals surface area contributed by atoms with Gasteiger partial charge in [0.1, 0.15) is 5.75 Å². The van der Waals surface area contributed by atoms with Crippen molar-refractivity contribution in [1.29, 1.82) is 0 Å². The Balaban J connectivity index is 1.88. The summed E-state index contributed by atoms with van der Waals surface area (Å²) in [6, 6.07) is 13.1. The summed E-state index contributed by atoms with van der Waals surface area (Å²) >= 11 is 0. The third-order valence-corrected chi connectivity index (χ3v) is 6.70. The zero-order valence-corrected chi connectivity index (χ0v) is 17.6. The Hall–Kier alpha value is -1.37. The lowest BCUT2D eigenvalue weighted by Gasteiger charge is -2.27. The van der Waals surface area contributed by atoms with Crippen LogP contribution in [0, 0.1) is 6.92 Å². The summed E-state index contributed by atoms with van der Waals surface area (Å²) in [7, 11) is 0.491. The van der Waals surface area contributed by atoms with E-state index in [0.717, 1.165) is 17.4 Å². The zero-order valence-electron chi connectivity index (χ0n) is 16.6. The van der Waals surface area contributed by atoms with E-state index in [1.54, 1.807) is 0 Å². The number of benzene rings is 2. The van der Waals surface area contributed by atoms with Crippen LogP contribution in [0.3, 0.4) is 0 Å². The van der Waals surface area contributed by atoms with E-state index >= 15 is 0 Å². The van der Waals surface area contributed by atoms with Crippen LogP contribution in [0.1, 0.15) is 56.7 Å². The van der Waals surface area contributed by atoms with Gasteiger partial charge in [-0.3, -0.25) is 4.90 Å². The molecule has 0 radical (unpaired) electrons. The predicted octanol–water partition coefficient (Wildman–Crippen LogP) is 4.61. The fourth-order valence-corrected chi connectivity index (χ4v) is 4.93. The number of aryl methyl sites for hydroxylation is 1. The minimum absolute atomic E-state index is 0.0883. The average Bonchev–Trinajstić information content (AvgIpc) is 2.60. The van der Waals surface area contributed by atoms with Crippen LogP contribution in [-0.4, -0.2) is 23.1 Å². The summed E-state index contributed by atoms with van der Waals surface area (Å²) in [6.07, 6.45) is 4.00. The fraction of sp³-hybridized carbons (Fsp3) is 0.478. The first-order chi connectivity index (χ1) is 12.3. The highest BCUT2D eigenvalue weighted by atomic mass is 31.1. The molecule has 140 valence electrons. The van der Waals surface area contributed by atoms with E-state index in [-0.39, 0.29) is 5.41 Å². The zero-order chi connectivity index (χ0) is 18.7. The molecule has 1 fully saturated rings. The highest BCUT2D eigenvalue weighted by molar-refractivity contribution is 7.55. The molecule has 0 amide bonds. The molecule has 3 rings (SSSR count). The van der Waals surface area contributed by atoms with Crippen LogP contribution in [0.4, 0.5) is 0 Å². The van der Waals surface area contributed by atoms with Gasteiger partial charge in [-0.25, -0.2) is 0 Å². The molecule has 2 aromatic carbocycles. The maximum absolute atomic E-state index is 10.7. The number of piperidine rings is 1. The smallest absolute Gasteiger partial charge is 0.126 e. The van der Waals surface area contributed by atoms with Gasteiger partial charge in [0, 0.05) is 11.8 Å². The third kappa shape index (κ3) is 4.67. The second-order valence-electron chi connectivity index (χ2n) is 8.56. The van der Waals surface area contributed by atoms with Gasteiger partial charge in [0.05, 0.1) is 0 Å². The molecule has 0 spiro atoms. The molecule has 1 unspecified atom stereocenters. The van der Waals surface area contributed by atoms with Gasteiger partial charge in [0.15, 0.2) is 0 Å². The van der Waals surface area contributed by atoms with Crippen LogP contribution in [0.25, 0.3) is 0 Å². The largest absolute Gasteiger partial charge is 0.507 e. The van der Waals surface area contributed by atoms with Crippen molar-refractivity contribution in [1.82, 2.24) is 4.90 Å². The molecule has 1 heterocycles. The molecular formula is C23H32NOP. The van der Waals surface area contributed by atoms with E-state index < -0.39 is 0 Å². The monoisotopic (exact) mass is 369 g/mol. The van der Waals surface area contributed by atoms with Crippen molar-refractivity contribution in [2.75, 3.05) is 13.1 Å². The predicted molar refractivity (Wildman–Crippen MR) is 115 cm³/mol. The maximum Gasteiger partial charge on any atom is 0.126 e. The first-order valence-corrected chi connectivity index (χ1v) is 10.8. The Kier molecular flexibility index (Phi) is 6.05. The molecule has 1 aliphatic heterocycles. The van der Waals surface area contributed by atoms with Crippen molar-refractivity contribution in [3.63, 3.8) is 0 Å². The Bertz CT molecular complexity index is 757.